The monoisotopic (exact) mass is 363 g/mol. The first-order chi connectivity index (χ1) is 11.9. The molecule has 1 N–H and O–H groups in total. The molecule has 2 aromatic rings. The van der Waals surface area contributed by atoms with Gasteiger partial charge in [0, 0.05) is 28.5 Å². The maximum Gasteiger partial charge on any atom is 0.497 e. The maximum absolute atomic E-state index is 15.6. The molecular formula is C19H24BF2NO3. The van der Waals surface area contributed by atoms with Crippen molar-refractivity contribution >= 4 is 23.5 Å². The summed E-state index contributed by atoms with van der Waals surface area (Å²) in [6.45, 7) is 11.8. The van der Waals surface area contributed by atoms with Crippen molar-refractivity contribution < 1.29 is 22.8 Å². The molecule has 0 radical (unpaired) electrons. The van der Waals surface area contributed by atoms with Gasteiger partial charge < -0.3 is 19.0 Å². The van der Waals surface area contributed by atoms with Gasteiger partial charge in [-0.2, -0.15) is 0 Å². The highest BCUT2D eigenvalue weighted by atomic mass is 19.1. The lowest BCUT2D eigenvalue weighted by Crippen LogP contribution is -2.41. The summed E-state index contributed by atoms with van der Waals surface area (Å²) in [4.78, 5) is 3.05. The molecule has 7 heteroatoms. The topological polar surface area (TPSA) is 43.5 Å². The van der Waals surface area contributed by atoms with Crippen LogP contribution in [0.1, 0.15) is 52.8 Å². The Morgan fingerprint density at radius 2 is 1.65 bits per heavy atom. The Labute approximate surface area is 152 Å². The van der Waals surface area contributed by atoms with Crippen molar-refractivity contribution in [3.63, 3.8) is 0 Å². The summed E-state index contributed by atoms with van der Waals surface area (Å²) >= 11 is 0. The third-order valence-corrected chi connectivity index (χ3v) is 6.00. The van der Waals surface area contributed by atoms with Gasteiger partial charge >= 0.3 is 7.12 Å². The van der Waals surface area contributed by atoms with Crippen LogP contribution in [0.5, 0.6) is 0 Å². The predicted octanol–water partition coefficient (Wildman–Crippen LogP) is 3.55. The molecule has 1 fully saturated rings. The lowest BCUT2D eigenvalue weighted by atomic mass is 9.77. The van der Waals surface area contributed by atoms with E-state index in [1.165, 1.54) is 6.07 Å². The van der Waals surface area contributed by atoms with E-state index in [1.54, 1.807) is 0 Å². The summed E-state index contributed by atoms with van der Waals surface area (Å²) in [6.07, 6.45) is 0.595. The van der Waals surface area contributed by atoms with Crippen molar-refractivity contribution in [2.45, 2.75) is 64.8 Å². The van der Waals surface area contributed by atoms with Crippen molar-refractivity contribution in [3.05, 3.63) is 29.0 Å². The molecule has 2 aliphatic heterocycles. The normalized spacial score (nSPS) is 23.5. The van der Waals surface area contributed by atoms with E-state index in [1.807, 2.05) is 41.5 Å². The average Bonchev–Trinajstić information content (AvgIpc) is 2.99. The second-order valence-electron chi connectivity index (χ2n) is 8.69. The van der Waals surface area contributed by atoms with E-state index in [4.69, 9.17) is 14.0 Å². The summed E-state index contributed by atoms with van der Waals surface area (Å²) in [5.41, 5.74) is -0.213. The van der Waals surface area contributed by atoms with Crippen molar-refractivity contribution in [2.75, 3.05) is 6.61 Å². The highest BCUT2D eigenvalue weighted by molar-refractivity contribution is 6.62. The van der Waals surface area contributed by atoms with E-state index < -0.39 is 35.6 Å². The van der Waals surface area contributed by atoms with Crippen molar-refractivity contribution in [2.24, 2.45) is 0 Å². The fraction of sp³-hybridized carbons (Fsp3) is 0.579. The fourth-order valence-electron chi connectivity index (χ4n) is 3.84. The van der Waals surface area contributed by atoms with E-state index >= 15 is 4.39 Å². The molecule has 4 rings (SSSR count). The minimum atomic E-state index is -0.961. The van der Waals surface area contributed by atoms with E-state index in [0.29, 0.717) is 18.6 Å². The van der Waals surface area contributed by atoms with E-state index in [2.05, 4.69) is 4.98 Å². The Morgan fingerprint density at radius 1 is 1.04 bits per heavy atom. The Morgan fingerprint density at radius 3 is 2.27 bits per heavy atom. The van der Waals surface area contributed by atoms with Gasteiger partial charge in [0.1, 0.15) is 11.6 Å². The highest BCUT2D eigenvalue weighted by Crippen LogP contribution is 2.41. The number of aromatic nitrogens is 1. The van der Waals surface area contributed by atoms with E-state index in [9.17, 15) is 4.39 Å². The SMILES string of the molecule is CC1(C)OCCc2[nH]c3c(F)cc(B4OC(C)(C)C(C)(C)O4)c(F)c3c21. The number of hydrogen-bond acceptors (Lipinski definition) is 3. The standard InChI is InChI=1S/C19H24BF2NO3/c1-17(2)14-12(7-8-24-17)23-16-11(21)9-10(15(22)13(14)16)20-25-18(3,4)19(5,6)26-20/h9,23H,7-8H2,1-6H3. The average molecular weight is 363 g/mol. The molecule has 0 unspecified atom stereocenters. The summed E-state index contributed by atoms with van der Waals surface area (Å²) in [6, 6.07) is 1.18. The van der Waals surface area contributed by atoms with Crippen LogP contribution in [-0.4, -0.2) is 29.9 Å². The van der Waals surface area contributed by atoms with Gasteiger partial charge in [-0.3, -0.25) is 0 Å². The van der Waals surface area contributed by atoms with E-state index in [0.717, 1.165) is 5.69 Å². The van der Waals surface area contributed by atoms with Gasteiger partial charge in [0.25, 0.3) is 0 Å². The number of benzene rings is 1. The molecular weight excluding hydrogens is 339 g/mol. The zero-order valence-corrected chi connectivity index (χ0v) is 16.0. The van der Waals surface area contributed by atoms with Gasteiger partial charge in [0.05, 0.1) is 28.9 Å². The quantitative estimate of drug-likeness (QED) is 0.788. The van der Waals surface area contributed by atoms with Gasteiger partial charge in [-0.1, -0.05) is 0 Å². The number of fused-ring (bicyclic) bond motifs is 3. The molecule has 0 amide bonds. The number of ether oxygens (including phenoxy) is 1. The van der Waals surface area contributed by atoms with Crippen LogP contribution in [-0.2, 0) is 26.1 Å². The van der Waals surface area contributed by atoms with Crippen LogP contribution in [0, 0.1) is 11.6 Å². The number of rotatable bonds is 1. The molecule has 140 valence electrons. The molecule has 4 nitrogen and oxygen atoms in total. The second-order valence-corrected chi connectivity index (χ2v) is 8.69. The van der Waals surface area contributed by atoms with Crippen molar-refractivity contribution in [3.8, 4) is 0 Å². The highest BCUT2D eigenvalue weighted by Gasteiger charge is 2.53. The second kappa shape index (κ2) is 5.30. The fourth-order valence-corrected chi connectivity index (χ4v) is 3.84. The van der Waals surface area contributed by atoms with Crippen LogP contribution in [0.15, 0.2) is 6.07 Å². The zero-order chi connectivity index (χ0) is 19.1. The van der Waals surface area contributed by atoms with Crippen LogP contribution in [0.4, 0.5) is 8.78 Å². The Kier molecular flexibility index (Phi) is 3.66. The molecule has 0 bridgehead atoms. The first kappa shape index (κ1) is 18.0. The number of H-pyrrole nitrogens is 1. The lowest BCUT2D eigenvalue weighted by molar-refractivity contribution is -0.0307. The molecule has 1 aromatic carbocycles. The zero-order valence-electron chi connectivity index (χ0n) is 16.0. The summed E-state index contributed by atoms with van der Waals surface area (Å²) < 4.78 is 48.1. The molecule has 0 spiro atoms. The van der Waals surface area contributed by atoms with E-state index in [-0.39, 0.29) is 16.4 Å². The van der Waals surface area contributed by atoms with Crippen LogP contribution in [0.3, 0.4) is 0 Å². The van der Waals surface area contributed by atoms with Crippen LogP contribution in [0.2, 0.25) is 0 Å². The predicted molar refractivity (Wildman–Crippen MR) is 96.6 cm³/mol. The minimum absolute atomic E-state index is 0.0804. The van der Waals surface area contributed by atoms with Gasteiger partial charge in [-0.25, -0.2) is 8.78 Å². The largest absolute Gasteiger partial charge is 0.497 e. The third-order valence-electron chi connectivity index (χ3n) is 6.00. The van der Waals surface area contributed by atoms with Crippen molar-refractivity contribution in [1.29, 1.82) is 0 Å². The van der Waals surface area contributed by atoms with Gasteiger partial charge in [-0.15, -0.1) is 0 Å². The molecule has 0 atom stereocenters. The van der Waals surface area contributed by atoms with Gasteiger partial charge in [0.15, 0.2) is 0 Å². The van der Waals surface area contributed by atoms with Crippen LogP contribution >= 0.6 is 0 Å². The molecule has 2 aliphatic rings. The molecule has 1 saturated heterocycles. The summed E-state index contributed by atoms with van der Waals surface area (Å²) in [5.74, 6) is -1.03. The maximum atomic E-state index is 15.6. The Bertz CT molecular complexity index is 888. The Hall–Kier alpha value is -1.44. The number of hydrogen-bond donors (Lipinski definition) is 1. The van der Waals surface area contributed by atoms with Gasteiger partial charge in [-0.05, 0) is 47.6 Å². The third kappa shape index (κ3) is 2.37. The number of aromatic amines is 1. The molecule has 26 heavy (non-hydrogen) atoms. The molecule has 1 aromatic heterocycles. The first-order valence-corrected chi connectivity index (χ1v) is 8.97. The van der Waals surface area contributed by atoms with Crippen LogP contribution < -0.4 is 5.46 Å². The number of nitrogens with one attached hydrogen (secondary N) is 1. The first-order valence-electron chi connectivity index (χ1n) is 8.97. The lowest BCUT2D eigenvalue weighted by Gasteiger charge is -2.32. The van der Waals surface area contributed by atoms with Crippen molar-refractivity contribution in [1.82, 2.24) is 4.98 Å². The minimum Gasteiger partial charge on any atom is -0.399 e. The summed E-state index contributed by atoms with van der Waals surface area (Å²) in [7, 11) is -0.961. The van der Waals surface area contributed by atoms with Crippen LogP contribution in [0.25, 0.3) is 10.9 Å². The smallest absolute Gasteiger partial charge is 0.399 e. The van der Waals surface area contributed by atoms with Gasteiger partial charge in [0.2, 0.25) is 0 Å². The molecule has 3 heterocycles. The summed E-state index contributed by atoms with van der Waals surface area (Å²) in [5, 5.41) is 0.231. The molecule has 0 aliphatic carbocycles. The molecule has 0 saturated carbocycles. The Balaban J connectivity index is 1.93. The number of halogens is 2.